The van der Waals surface area contributed by atoms with Gasteiger partial charge in [0.05, 0.1) is 49.8 Å². The number of esters is 2. The normalized spacial score (nSPS) is 15.9. The van der Waals surface area contributed by atoms with Gasteiger partial charge in [0.2, 0.25) is 0 Å². The molecule has 0 spiro atoms. The minimum atomic E-state index is -3.85. The molecule has 30 heteroatoms. The van der Waals surface area contributed by atoms with Crippen molar-refractivity contribution in [2.45, 2.75) is 72.2 Å². The first-order valence-corrected chi connectivity index (χ1v) is 41.3. The molecule has 8 aromatic carbocycles. The number of rotatable bonds is 28. The smallest absolute Gasteiger partial charge is 0.415 e. The van der Waals surface area contributed by atoms with Gasteiger partial charge in [0.25, 0.3) is 11.8 Å². The Hall–Kier alpha value is -11.6. The summed E-state index contributed by atoms with van der Waals surface area (Å²) in [6, 6.07) is 55.2. The molecule has 0 aliphatic carbocycles. The summed E-state index contributed by atoms with van der Waals surface area (Å²) in [7, 11) is -7.66. The van der Waals surface area contributed by atoms with Crippen molar-refractivity contribution in [1.29, 1.82) is 0 Å². The van der Waals surface area contributed by atoms with E-state index in [2.05, 4.69) is 4.98 Å². The van der Waals surface area contributed by atoms with E-state index < -0.39 is 69.4 Å². The quantitative estimate of drug-likeness (QED) is 0.0352. The van der Waals surface area contributed by atoms with Gasteiger partial charge in [0.15, 0.2) is 23.7 Å². The summed E-state index contributed by atoms with van der Waals surface area (Å²) in [5.41, 5.74) is 4.70. The molecule has 2 aromatic heterocycles. The number of benzene rings is 8. The van der Waals surface area contributed by atoms with Crippen molar-refractivity contribution in [3.05, 3.63) is 263 Å². The number of hydrogen-bond donors (Lipinski definition) is 1. The molecule has 4 amide bonds. The molecular weight excluding hydrogens is 1520 g/mol. The van der Waals surface area contributed by atoms with Crippen LogP contribution in [-0.4, -0.2) is 184 Å². The fraction of sp³-hybridized carbons (Fsp3) is 0.294. The number of piperazine rings is 2. The maximum Gasteiger partial charge on any atom is 0.415 e. The second-order valence-corrected chi connectivity index (χ2v) is 31.7. The third-order valence-corrected chi connectivity index (χ3v) is 23.5. The maximum absolute atomic E-state index is 14.6. The lowest BCUT2D eigenvalue weighted by atomic mass is 9.99. The second kappa shape index (κ2) is 37.1. The molecule has 1 N–H and O–H groups in total. The van der Waals surface area contributed by atoms with Crippen LogP contribution in [-0.2, 0) is 63.4 Å². The van der Waals surface area contributed by atoms with Gasteiger partial charge >= 0.3 is 39.3 Å². The van der Waals surface area contributed by atoms with Gasteiger partial charge in [-0.2, -0.15) is 0 Å². The number of nitrogens with zero attached hydrogens (tertiary/aromatic N) is 8. The summed E-state index contributed by atoms with van der Waals surface area (Å²) in [5.74, 6) is -1.88. The topological polar surface area (TPSA) is 285 Å². The summed E-state index contributed by atoms with van der Waals surface area (Å²) in [5, 5.41) is 12.0. The third kappa shape index (κ3) is 19.8. The average Bonchev–Trinajstić information content (AvgIpc) is 1.66. The predicted octanol–water partition coefficient (Wildman–Crippen LogP) is 14.6. The molecule has 598 valence electrons. The Morgan fingerprint density at radius 2 is 0.861 bits per heavy atom. The van der Waals surface area contributed by atoms with Crippen LogP contribution >= 0.6 is 15.2 Å². The van der Waals surface area contributed by atoms with Crippen molar-refractivity contribution >= 4 is 72.9 Å². The van der Waals surface area contributed by atoms with E-state index in [0.29, 0.717) is 83.7 Å². The molecule has 0 bridgehead atoms. The number of phenols is 1. The third-order valence-electron chi connectivity index (χ3n) is 19.7. The predicted molar refractivity (Wildman–Crippen MR) is 422 cm³/mol. The van der Waals surface area contributed by atoms with E-state index in [1.54, 1.807) is 139 Å². The van der Waals surface area contributed by atoms with Crippen molar-refractivity contribution in [3.63, 3.8) is 0 Å². The van der Waals surface area contributed by atoms with Gasteiger partial charge in [-0.25, -0.2) is 37.1 Å². The van der Waals surface area contributed by atoms with Crippen LogP contribution in [0.5, 0.6) is 34.5 Å². The fourth-order valence-electron chi connectivity index (χ4n) is 13.9. The van der Waals surface area contributed by atoms with Gasteiger partial charge in [-0.1, -0.05) is 121 Å². The highest BCUT2D eigenvalue weighted by Gasteiger charge is 2.42. The molecule has 115 heavy (non-hydrogen) atoms. The van der Waals surface area contributed by atoms with Crippen molar-refractivity contribution in [2.24, 2.45) is 0 Å². The number of aromatic nitrogens is 2. The average molecular weight is 1610 g/mol. The van der Waals surface area contributed by atoms with E-state index in [-0.39, 0.29) is 129 Å². The minimum absolute atomic E-state index is 0.0116. The molecular formula is C85H86F2N8O18P2. The minimum Gasteiger partial charge on any atom is -0.505 e. The highest BCUT2D eigenvalue weighted by atomic mass is 31.2. The Labute approximate surface area is 663 Å². The summed E-state index contributed by atoms with van der Waals surface area (Å²) >= 11 is 0. The molecule has 4 aliphatic heterocycles. The van der Waals surface area contributed by atoms with Gasteiger partial charge in [-0.05, 0) is 123 Å². The lowest BCUT2D eigenvalue weighted by Crippen LogP contribution is -2.50. The molecule has 2 fully saturated rings. The van der Waals surface area contributed by atoms with Crippen molar-refractivity contribution in [3.8, 4) is 34.5 Å². The first kappa shape index (κ1) is 81.4. The van der Waals surface area contributed by atoms with Crippen LogP contribution in [0.15, 0.2) is 207 Å². The largest absolute Gasteiger partial charge is 0.505 e. The molecule has 6 heterocycles. The number of halogens is 2. The molecule has 14 rings (SSSR count). The van der Waals surface area contributed by atoms with Crippen LogP contribution in [0.25, 0.3) is 21.8 Å². The van der Waals surface area contributed by atoms with Gasteiger partial charge in [0, 0.05) is 113 Å². The molecule has 26 nitrogen and oxygen atoms in total. The summed E-state index contributed by atoms with van der Waals surface area (Å²) < 4.78 is 108. The Balaban J connectivity index is 0.000000206. The Morgan fingerprint density at radius 3 is 1.28 bits per heavy atom. The lowest BCUT2D eigenvalue weighted by Gasteiger charge is -2.34. The number of para-hydroxylation sites is 2. The number of ether oxygens (including phenoxy) is 5. The Kier molecular flexibility index (Phi) is 26.3. The molecule has 4 atom stereocenters. The van der Waals surface area contributed by atoms with Gasteiger partial charge in [-0.3, -0.25) is 38.4 Å². The van der Waals surface area contributed by atoms with E-state index in [1.807, 2.05) is 70.5 Å². The van der Waals surface area contributed by atoms with E-state index in [0.717, 1.165) is 16.7 Å². The molecule has 0 saturated carbocycles. The number of carbonyl (C=O) groups is 6. The number of aromatic hydroxyl groups is 1. The Morgan fingerprint density at radius 1 is 0.478 bits per heavy atom. The monoisotopic (exact) mass is 1610 g/mol. The second-order valence-electron chi connectivity index (χ2n) is 27.6. The van der Waals surface area contributed by atoms with Crippen LogP contribution < -0.4 is 23.3 Å². The maximum atomic E-state index is 14.6. The summed E-state index contributed by atoms with van der Waals surface area (Å²) in [4.78, 5) is 99.8. The zero-order valence-electron chi connectivity index (χ0n) is 63.7. The number of hydrogen-bond acceptors (Lipinski definition) is 22. The fourth-order valence-corrected chi connectivity index (χ4v) is 17.4. The standard InChI is InChI=1S/C49H48FN4O9P.C36H38FN4O9P/c1-3-59-48(56)34(2)62-64(58,63-39-18-11-6-12-19-39)31-30-52-26-28-53(29-27-52)49(57)61-45-40-20-13-25-51-43(40)46(60-44(36-14-7-4-8-15-36)37-16-9-5-10-17-37)42-41(45)33-54(47(42)55)32-35-21-23-38(50)24-22-35;1-3-47-35(44)24(2)49-51(46,50-27-8-5-4-6-9-27)21-20-39-16-18-40(19-17-39)36(45)48-33-28-10-7-15-38-31(28)32(42)30-29(33)23-41(34(30)43)22-25-11-13-26(37)14-12-25/h4-25,34,44H,3,26-33H2,1-2H3;4-15,24,42H,3,16-23H2,1-2H3/t34-,64?;24-,51?/m11/s1. The molecule has 10 aromatic rings. The zero-order chi connectivity index (χ0) is 80.8. The summed E-state index contributed by atoms with van der Waals surface area (Å²) in [6.07, 6.45) is -1.05. The van der Waals surface area contributed by atoms with Crippen LogP contribution in [0, 0.1) is 11.6 Å². The molecule has 2 saturated heterocycles. The number of carbonyl (C=O) groups excluding carboxylic acids is 6. The summed E-state index contributed by atoms with van der Waals surface area (Å²) in [6.45, 7) is 10.5. The van der Waals surface area contributed by atoms with Crippen molar-refractivity contribution < 1.29 is 93.6 Å². The first-order chi connectivity index (χ1) is 55.6. The van der Waals surface area contributed by atoms with Gasteiger partial charge < -0.3 is 57.4 Å². The Bertz CT molecular complexity index is 5190. The van der Waals surface area contributed by atoms with Crippen molar-refractivity contribution in [1.82, 2.24) is 39.4 Å². The van der Waals surface area contributed by atoms with Crippen LogP contribution in [0.4, 0.5) is 18.4 Å². The van der Waals surface area contributed by atoms with Crippen LogP contribution in [0.2, 0.25) is 0 Å². The molecule has 0 radical (unpaired) electrons. The number of amides is 4. The number of phenolic OH excluding ortho intramolecular Hbond substituents is 1. The van der Waals surface area contributed by atoms with Gasteiger partial charge in [0.1, 0.15) is 51.8 Å². The van der Waals surface area contributed by atoms with E-state index >= 15 is 0 Å². The van der Waals surface area contributed by atoms with E-state index in [4.69, 9.17) is 46.8 Å². The lowest BCUT2D eigenvalue weighted by molar-refractivity contribution is -0.151. The molecule has 2 unspecified atom stereocenters. The molecule has 4 aliphatic rings. The number of pyridine rings is 2. The van der Waals surface area contributed by atoms with E-state index in [9.17, 15) is 51.8 Å². The van der Waals surface area contributed by atoms with E-state index in [1.165, 1.54) is 54.1 Å². The zero-order valence-corrected chi connectivity index (χ0v) is 65.5. The highest BCUT2D eigenvalue weighted by molar-refractivity contribution is 7.54. The number of fused-ring (bicyclic) bond motifs is 4. The van der Waals surface area contributed by atoms with Gasteiger partial charge in [-0.15, -0.1) is 0 Å². The highest BCUT2D eigenvalue weighted by Crippen LogP contribution is 2.52. The van der Waals surface area contributed by atoms with Crippen molar-refractivity contribution in [2.75, 3.05) is 91.0 Å². The SMILES string of the molecule is CCOC(=O)[C@@H](C)OP(=O)(CCN1CCN(C(=O)Oc2c3c(c(O)c4ncccc24)C(=O)N(Cc2ccc(F)cc2)C3)CC1)Oc1ccccc1.CCOC(=O)[C@@H](C)OP(=O)(CCN1CCN(C(=O)Oc2c3c(c(OC(c4ccccc4)c4ccccc4)c4ncccc24)C(=O)N(Cc2ccc(F)cc2)C3)CC1)Oc1ccccc1. The van der Waals surface area contributed by atoms with Crippen LogP contribution in [0.1, 0.15) is 87.9 Å². The first-order valence-electron chi connectivity index (χ1n) is 37.8. The van der Waals surface area contributed by atoms with Crippen LogP contribution in [0.3, 0.4) is 0 Å².